The van der Waals surface area contributed by atoms with Gasteiger partial charge < -0.3 is 14.6 Å². The molecule has 1 aromatic heterocycles. The molecule has 1 aliphatic rings. The monoisotopic (exact) mass is 426 g/mol. The van der Waals surface area contributed by atoms with E-state index >= 15 is 0 Å². The first-order valence-electron chi connectivity index (χ1n) is 10.8. The molecule has 1 aromatic carbocycles. The van der Waals surface area contributed by atoms with Crippen molar-refractivity contribution >= 4 is 6.09 Å². The SMILES string of the molecule is CC(C)CC(COc1ccc2c(c1)C(C)(C)Oc1cnccc1-2)N(C(=O)O)C(C)(C)C. The third-order valence-corrected chi connectivity index (χ3v) is 5.56. The van der Waals surface area contributed by atoms with Gasteiger partial charge in [0.25, 0.3) is 0 Å². The summed E-state index contributed by atoms with van der Waals surface area (Å²) in [6, 6.07) is 7.71. The zero-order valence-electron chi connectivity index (χ0n) is 19.6. The van der Waals surface area contributed by atoms with Crippen molar-refractivity contribution in [1.29, 1.82) is 0 Å². The summed E-state index contributed by atoms with van der Waals surface area (Å²) in [7, 11) is 0. The molecule has 31 heavy (non-hydrogen) atoms. The minimum atomic E-state index is -0.924. The first-order valence-corrected chi connectivity index (χ1v) is 10.8. The number of hydrogen-bond acceptors (Lipinski definition) is 4. The number of amides is 1. The molecule has 0 fully saturated rings. The van der Waals surface area contributed by atoms with Crippen LogP contribution in [0, 0.1) is 5.92 Å². The number of rotatable bonds is 6. The summed E-state index contributed by atoms with van der Waals surface area (Å²) in [5, 5.41) is 9.86. The van der Waals surface area contributed by atoms with Gasteiger partial charge >= 0.3 is 6.09 Å². The van der Waals surface area contributed by atoms with Crippen molar-refractivity contribution in [2.45, 2.75) is 72.1 Å². The number of hydrogen-bond donors (Lipinski definition) is 1. The maximum absolute atomic E-state index is 12.0. The van der Waals surface area contributed by atoms with Crippen molar-refractivity contribution in [3.05, 3.63) is 42.2 Å². The Morgan fingerprint density at radius 3 is 2.55 bits per heavy atom. The van der Waals surface area contributed by atoms with Crippen LogP contribution in [0.1, 0.15) is 60.5 Å². The zero-order chi connectivity index (χ0) is 23.0. The first kappa shape index (κ1) is 22.9. The minimum absolute atomic E-state index is 0.246. The van der Waals surface area contributed by atoms with E-state index in [1.54, 1.807) is 12.4 Å². The molecule has 168 valence electrons. The lowest BCUT2D eigenvalue weighted by Gasteiger charge is -2.40. The average Bonchev–Trinajstić information content (AvgIpc) is 2.64. The van der Waals surface area contributed by atoms with E-state index in [2.05, 4.69) is 18.8 Å². The van der Waals surface area contributed by atoms with Crippen LogP contribution in [0.4, 0.5) is 4.79 Å². The molecule has 0 aliphatic carbocycles. The molecule has 2 heterocycles. The molecule has 0 radical (unpaired) electrons. The van der Waals surface area contributed by atoms with Crippen molar-refractivity contribution in [3.8, 4) is 22.6 Å². The van der Waals surface area contributed by atoms with Gasteiger partial charge in [0.1, 0.15) is 23.7 Å². The molecule has 1 unspecified atom stereocenters. The van der Waals surface area contributed by atoms with Crippen molar-refractivity contribution in [1.82, 2.24) is 9.88 Å². The number of carboxylic acid groups (broad SMARTS) is 1. The van der Waals surface area contributed by atoms with Crippen LogP contribution in [0.2, 0.25) is 0 Å². The van der Waals surface area contributed by atoms with Gasteiger partial charge in [-0.1, -0.05) is 19.9 Å². The number of ether oxygens (including phenoxy) is 2. The van der Waals surface area contributed by atoms with E-state index in [1.165, 1.54) is 4.90 Å². The topological polar surface area (TPSA) is 71.9 Å². The van der Waals surface area contributed by atoms with Crippen LogP contribution < -0.4 is 9.47 Å². The Balaban J connectivity index is 1.88. The summed E-state index contributed by atoms with van der Waals surface area (Å²) in [4.78, 5) is 17.7. The highest BCUT2D eigenvalue weighted by molar-refractivity contribution is 5.76. The lowest BCUT2D eigenvalue weighted by atomic mass is 9.86. The van der Waals surface area contributed by atoms with Gasteiger partial charge in [0, 0.05) is 22.9 Å². The summed E-state index contributed by atoms with van der Waals surface area (Å²) < 4.78 is 12.4. The Morgan fingerprint density at radius 2 is 1.94 bits per heavy atom. The lowest BCUT2D eigenvalue weighted by molar-refractivity contribution is 0.0433. The standard InChI is InChI=1S/C25H34N2O4/c1-16(2)12-17(27(23(28)29)24(3,4)5)15-30-18-8-9-19-20-10-11-26-14-22(20)31-25(6,7)21(19)13-18/h8-11,13-14,16-17H,12,15H2,1-7H3,(H,28,29). The van der Waals surface area contributed by atoms with Gasteiger partial charge in [-0.2, -0.15) is 0 Å². The van der Waals surface area contributed by atoms with E-state index in [1.807, 2.05) is 58.9 Å². The quantitative estimate of drug-likeness (QED) is 0.618. The van der Waals surface area contributed by atoms with Crippen molar-refractivity contribution in [3.63, 3.8) is 0 Å². The minimum Gasteiger partial charge on any atom is -0.491 e. The molecule has 1 N–H and O–H groups in total. The zero-order valence-corrected chi connectivity index (χ0v) is 19.6. The summed E-state index contributed by atoms with van der Waals surface area (Å²) in [5.74, 6) is 1.83. The fraction of sp³-hybridized carbons (Fsp3) is 0.520. The molecule has 0 saturated heterocycles. The fourth-order valence-electron chi connectivity index (χ4n) is 4.34. The van der Waals surface area contributed by atoms with Crippen LogP contribution in [0.15, 0.2) is 36.7 Å². The number of carbonyl (C=O) groups is 1. The predicted molar refractivity (Wildman–Crippen MR) is 122 cm³/mol. The summed E-state index contributed by atoms with van der Waals surface area (Å²) in [5.41, 5.74) is 2.11. The third kappa shape index (κ3) is 4.94. The molecule has 6 nitrogen and oxygen atoms in total. The smallest absolute Gasteiger partial charge is 0.408 e. The van der Waals surface area contributed by atoms with Gasteiger partial charge in [-0.25, -0.2) is 4.79 Å². The maximum atomic E-state index is 12.0. The third-order valence-electron chi connectivity index (χ3n) is 5.56. The van der Waals surface area contributed by atoms with Crippen LogP contribution in [0.5, 0.6) is 11.5 Å². The van der Waals surface area contributed by atoms with E-state index < -0.39 is 17.2 Å². The van der Waals surface area contributed by atoms with E-state index in [0.29, 0.717) is 18.3 Å². The molecule has 0 saturated carbocycles. The number of fused-ring (bicyclic) bond motifs is 3. The maximum Gasteiger partial charge on any atom is 0.408 e. The highest BCUT2D eigenvalue weighted by Gasteiger charge is 2.35. The Bertz CT molecular complexity index is 947. The predicted octanol–water partition coefficient (Wildman–Crippen LogP) is 5.95. The first-order chi connectivity index (χ1) is 14.4. The van der Waals surface area contributed by atoms with Crippen LogP contribution in [-0.4, -0.2) is 39.3 Å². The van der Waals surface area contributed by atoms with E-state index in [0.717, 1.165) is 28.9 Å². The van der Waals surface area contributed by atoms with Crippen LogP contribution in [-0.2, 0) is 5.60 Å². The second kappa shape index (κ2) is 8.40. The van der Waals surface area contributed by atoms with Gasteiger partial charge in [-0.15, -0.1) is 0 Å². The van der Waals surface area contributed by atoms with Gasteiger partial charge in [0.15, 0.2) is 0 Å². The molecule has 3 rings (SSSR count). The van der Waals surface area contributed by atoms with Crippen LogP contribution >= 0.6 is 0 Å². The second-order valence-electron chi connectivity index (χ2n) is 10.1. The highest BCUT2D eigenvalue weighted by atomic mass is 16.5. The van der Waals surface area contributed by atoms with Gasteiger partial charge in [-0.05, 0) is 70.7 Å². The number of pyridine rings is 1. The molecule has 0 spiro atoms. The fourth-order valence-corrected chi connectivity index (χ4v) is 4.34. The summed E-state index contributed by atoms with van der Waals surface area (Å²) >= 11 is 0. The Morgan fingerprint density at radius 1 is 1.23 bits per heavy atom. The molecule has 6 heteroatoms. The number of aromatic nitrogens is 1. The molecule has 2 aromatic rings. The molecule has 1 atom stereocenters. The summed E-state index contributed by atoms with van der Waals surface area (Å²) in [6.07, 6.45) is 3.31. The van der Waals surface area contributed by atoms with Crippen molar-refractivity contribution in [2.75, 3.05) is 6.61 Å². The van der Waals surface area contributed by atoms with Crippen LogP contribution in [0.25, 0.3) is 11.1 Å². The number of nitrogens with zero attached hydrogens (tertiary/aromatic N) is 2. The molecule has 0 bridgehead atoms. The lowest BCUT2D eigenvalue weighted by Crippen LogP contribution is -2.53. The van der Waals surface area contributed by atoms with Crippen LogP contribution in [0.3, 0.4) is 0 Å². The second-order valence-corrected chi connectivity index (χ2v) is 10.1. The van der Waals surface area contributed by atoms with E-state index in [9.17, 15) is 9.90 Å². The van der Waals surface area contributed by atoms with E-state index in [4.69, 9.17) is 9.47 Å². The van der Waals surface area contributed by atoms with E-state index in [-0.39, 0.29) is 6.04 Å². The van der Waals surface area contributed by atoms with Gasteiger partial charge in [0.2, 0.25) is 0 Å². The molecular weight excluding hydrogens is 392 g/mol. The number of benzene rings is 1. The Labute approximate surface area is 185 Å². The average molecular weight is 427 g/mol. The summed E-state index contributed by atoms with van der Waals surface area (Å²) in [6.45, 7) is 14.3. The van der Waals surface area contributed by atoms with Crippen molar-refractivity contribution < 1.29 is 19.4 Å². The molecular formula is C25H34N2O4. The Hall–Kier alpha value is -2.76. The normalized spacial score (nSPS) is 15.5. The van der Waals surface area contributed by atoms with Gasteiger partial charge in [-0.3, -0.25) is 9.88 Å². The highest BCUT2D eigenvalue weighted by Crippen LogP contribution is 2.45. The largest absolute Gasteiger partial charge is 0.491 e. The molecule has 1 aliphatic heterocycles. The van der Waals surface area contributed by atoms with Gasteiger partial charge in [0.05, 0.1) is 12.2 Å². The molecule has 1 amide bonds. The Kier molecular flexibility index (Phi) is 6.21. The van der Waals surface area contributed by atoms with Crippen molar-refractivity contribution in [2.24, 2.45) is 5.92 Å².